The molecule has 5 aromatic rings. The van der Waals surface area contributed by atoms with Crippen LogP contribution in [0.5, 0.6) is 5.75 Å². The predicted octanol–water partition coefficient (Wildman–Crippen LogP) is 16.2. The van der Waals surface area contributed by atoms with Gasteiger partial charge in [0.1, 0.15) is 29.2 Å². The molecule has 4 heteroatoms. The molecule has 0 fully saturated rings. The lowest BCUT2D eigenvalue weighted by molar-refractivity contribution is 0.418. The zero-order valence-electron chi connectivity index (χ0n) is 40.1. The second kappa shape index (κ2) is 16.2. The Bertz CT molecular complexity index is 2730. The highest BCUT2D eigenvalue weighted by atomic mass is 16.5. The van der Waals surface area contributed by atoms with Crippen LogP contribution in [-0.2, 0) is 27.1 Å². The van der Waals surface area contributed by atoms with Crippen LogP contribution in [0.1, 0.15) is 154 Å². The molecule has 1 aliphatic heterocycles. The first kappa shape index (κ1) is 44.9. The Labute approximate surface area is 378 Å². The largest absolute Gasteiger partial charge is 0.456 e. The Balaban J connectivity index is 1.37. The third-order valence-electron chi connectivity index (χ3n) is 13.3. The fraction of sp³-hybridized carbons (Fsp3) is 0.356. The highest BCUT2D eigenvalue weighted by Gasteiger charge is 2.43. The quantitative estimate of drug-likeness (QED) is 0.153. The van der Waals surface area contributed by atoms with Crippen LogP contribution < -0.4 is 9.64 Å². The summed E-state index contributed by atoms with van der Waals surface area (Å²) in [7, 11) is 0. The average Bonchev–Trinajstić information content (AvgIpc) is 3.52. The van der Waals surface area contributed by atoms with Gasteiger partial charge in [-0.1, -0.05) is 164 Å². The smallest absolute Gasteiger partial charge is 0.139 e. The van der Waals surface area contributed by atoms with Gasteiger partial charge in [0.05, 0.1) is 5.69 Å². The number of anilines is 3. The van der Waals surface area contributed by atoms with Gasteiger partial charge in [-0.15, -0.1) is 0 Å². The van der Waals surface area contributed by atoms with Crippen LogP contribution in [-0.4, -0.2) is 0 Å². The summed E-state index contributed by atoms with van der Waals surface area (Å²) < 4.78 is 6.72. The van der Waals surface area contributed by atoms with Crippen LogP contribution >= 0.6 is 0 Å². The third-order valence-corrected chi connectivity index (χ3v) is 13.3. The second-order valence-electron chi connectivity index (χ2n) is 21.6. The van der Waals surface area contributed by atoms with Gasteiger partial charge in [-0.2, -0.15) is 10.5 Å². The van der Waals surface area contributed by atoms with E-state index in [-0.39, 0.29) is 32.6 Å². The fourth-order valence-electron chi connectivity index (χ4n) is 9.35. The van der Waals surface area contributed by atoms with E-state index in [1.165, 1.54) is 39.1 Å². The van der Waals surface area contributed by atoms with Gasteiger partial charge in [0.25, 0.3) is 0 Å². The Morgan fingerprint density at radius 1 is 0.603 bits per heavy atom. The van der Waals surface area contributed by atoms with E-state index in [1.807, 2.05) is 18.2 Å². The first-order valence-electron chi connectivity index (χ1n) is 22.7. The van der Waals surface area contributed by atoms with Crippen molar-refractivity contribution in [2.75, 3.05) is 4.90 Å². The van der Waals surface area contributed by atoms with Crippen molar-refractivity contribution < 1.29 is 4.74 Å². The van der Waals surface area contributed by atoms with Crippen LogP contribution in [0.15, 0.2) is 121 Å². The van der Waals surface area contributed by atoms with E-state index in [1.54, 1.807) is 0 Å². The molecule has 0 atom stereocenters. The summed E-state index contributed by atoms with van der Waals surface area (Å²) in [4.78, 5) is 2.46. The topological polar surface area (TPSA) is 60.0 Å². The minimum Gasteiger partial charge on any atom is -0.456 e. The summed E-state index contributed by atoms with van der Waals surface area (Å²) in [6, 6.07) is 40.5. The summed E-state index contributed by atoms with van der Waals surface area (Å²) in [6.45, 7) is 31.5. The molecule has 63 heavy (non-hydrogen) atoms. The van der Waals surface area contributed by atoms with Crippen LogP contribution in [0, 0.1) is 22.7 Å². The molecule has 0 amide bonds. The number of benzene rings is 5. The molecule has 0 unspecified atom stereocenters. The van der Waals surface area contributed by atoms with Crippen LogP contribution in [0.4, 0.5) is 17.1 Å². The summed E-state index contributed by atoms with van der Waals surface area (Å²) in [5, 5.41) is 20.2. The van der Waals surface area contributed by atoms with E-state index in [0.717, 1.165) is 46.5 Å². The van der Waals surface area contributed by atoms with Gasteiger partial charge < -0.3 is 9.64 Å². The first-order chi connectivity index (χ1) is 29.5. The third kappa shape index (κ3) is 8.30. The Morgan fingerprint density at radius 3 is 1.70 bits per heavy atom. The van der Waals surface area contributed by atoms with Crippen molar-refractivity contribution >= 4 is 28.7 Å². The molecule has 1 heterocycles. The van der Waals surface area contributed by atoms with Crippen molar-refractivity contribution in [2.24, 2.45) is 0 Å². The van der Waals surface area contributed by atoms with E-state index in [4.69, 9.17) is 4.74 Å². The molecule has 0 saturated carbocycles. The zero-order chi connectivity index (χ0) is 45.9. The normalized spacial score (nSPS) is 14.5. The van der Waals surface area contributed by atoms with Crippen LogP contribution in [0.25, 0.3) is 22.8 Å². The molecule has 4 nitrogen and oxygen atoms in total. The number of nitriles is 2. The van der Waals surface area contributed by atoms with E-state index >= 15 is 0 Å². The molecule has 0 N–H and O–H groups in total. The molecular weight excluding hydrogens is 767 g/mol. The van der Waals surface area contributed by atoms with Gasteiger partial charge in [0.15, 0.2) is 0 Å². The predicted molar refractivity (Wildman–Crippen MR) is 265 cm³/mol. The number of fused-ring (bicyclic) bond motifs is 4. The lowest BCUT2D eigenvalue weighted by Gasteiger charge is -2.34. The molecule has 1 aliphatic carbocycles. The van der Waals surface area contributed by atoms with E-state index in [9.17, 15) is 10.5 Å². The van der Waals surface area contributed by atoms with Crippen molar-refractivity contribution in [1.82, 2.24) is 0 Å². The first-order valence-corrected chi connectivity index (χ1v) is 22.7. The molecule has 0 aromatic heterocycles. The fourth-order valence-corrected chi connectivity index (χ4v) is 9.35. The molecule has 5 aromatic carbocycles. The van der Waals surface area contributed by atoms with Crippen molar-refractivity contribution in [2.45, 2.75) is 137 Å². The van der Waals surface area contributed by atoms with Gasteiger partial charge >= 0.3 is 0 Å². The van der Waals surface area contributed by atoms with Gasteiger partial charge in [-0.05, 0) is 122 Å². The summed E-state index contributed by atoms with van der Waals surface area (Å²) in [5.74, 6) is 1.27. The SMILES string of the molecule is CCC1(CC)c2ccccc2-c2c(N(c3ccc(/C=C/C4=CC(=C(C#N)C#N)c5cc(C(C)(C)C)cc(C(C)(C)C)c5O4)cc3)c3ccc(C(C)(C)C)cc3)cc(C(C)(C)C)cc21. The van der Waals surface area contributed by atoms with Crippen molar-refractivity contribution in [3.8, 4) is 29.0 Å². The summed E-state index contributed by atoms with van der Waals surface area (Å²) in [6.07, 6.45) is 7.88. The molecule has 0 bridgehead atoms. The monoisotopic (exact) mass is 832 g/mol. The molecule has 2 aliphatic rings. The maximum absolute atomic E-state index is 10.1. The number of allylic oxidation sites excluding steroid dienone is 4. The zero-order valence-corrected chi connectivity index (χ0v) is 40.1. The summed E-state index contributed by atoms with van der Waals surface area (Å²) in [5.41, 5.74) is 15.5. The lowest BCUT2D eigenvalue weighted by atomic mass is 9.72. The Kier molecular flexibility index (Phi) is 11.6. The second-order valence-corrected chi connectivity index (χ2v) is 21.6. The minimum atomic E-state index is -0.250. The van der Waals surface area contributed by atoms with Crippen LogP contribution in [0.2, 0.25) is 0 Å². The number of hydrogen-bond acceptors (Lipinski definition) is 4. The molecule has 7 rings (SSSR count). The van der Waals surface area contributed by atoms with E-state index in [0.29, 0.717) is 17.1 Å². The van der Waals surface area contributed by atoms with Gasteiger partial charge in [0, 0.05) is 39.1 Å². The standard InChI is InChI=1S/C59H65N3O/c1-15-59(16-2)49-20-18-17-19-46(49)53-50(59)32-42(57(9,10)11)34-52(53)62(44-28-24-40(25-29-44)55(3,4)5)43-26-21-38(22-27-43)23-30-45-35-47(39(36-60)37-61)48-31-41(56(6,7)8)33-51(54(48)63-45)58(12,13)14/h17-35H,15-16H2,1-14H3/b30-23+. The summed E-state index contributed by atoms with van der Waals surface area (Å²) >= 11 is 0. The lowest BCUT2D eigenvalue weighted by Crippen LogP contribution is -2.24. The van der Waals surface area contributed by atoms with Crippen molar-refractivity contribution in [3.05, 3.63) is 165 Å². The van der Waals surface area contributed by atoms with Gasteiger partial charge in [-0.3, -0.25) is 0 Å². The highest BCUT2D eigenvalue weighted by Crippen LogP contribution is 2.58. The Hall–Kier alpha value is -6.10. The number of hydrogen-bond donors (Lipinski definition) is 0. The van der Waals surface area contributed by atoms with Crippen LogP contribution in [0.3, 0.4) is 0 Å². The molecule has 0 saturated heterocycles. The maximum Gasteiger partial charge on any atom is 0.139 e. The number of rotatable bonds is 7. The minimum absolute atomic E-state index is 0.0239. The Morgan fingerprint density at radius 2 is 1.16 bits per heavy atom. The van der Waals surface area contributed by atoms with Gasteiger partial charge in [0.2, 0.25) is 0 Å². The molecule has 322 valence electrons. The molecule has 0 radical (unpaired) electrons. The van der Waals surface area contributed by atoms with E-state index < -0.39 is 0 Å². The van der Waals surface area contributed by atoms with E-state index in [2.05, 4.69) is 211 Å². The van der Waals surface area contributed by atoms with Gasteiger partial charge in [-0.25, -0.2) is 0 Å². The number of ether oxygens (including phenoxy) is 1. The average molecular weight is 832 g/mol. The molecular formula is C59H65N3O. The van der Waals surface area contributed by atoms with Crippen molar-refractivity contribution in [1.29, 1.82) is 10.5 Å². The number of nitrogens with zero attached hydrogens (tertiary/aromatic N) is 3. The maximum atomic E-state index is 10.1. The van der Waals surface area contributed by atoms with Crippen molar-refractivity contribution in [3.63, 3.8) is 0 Å². The highest BCUT2D eigenvalue weighted by molar-refractivity contribution is 5.96. The molecule has 0 spiro atoms.